The summed E-state index contributed by atoms with van der Waals surface area (Å²) in [7, 11) is 0. The molecule has 0 aromatic rings. The molecule has 2 nitrogen and oxygen atoms in total. The molecule has 0 spiro atoms. The third-order valence-electron chi connectivity index (χ3n) is 2.12. The lowest BCUT2D eigenvalue weighted by atomic mass is 10.2. The van der Waals surface area contributed by atoms with Crippen molar-refractivity contribution in [2.24, 2.45) is 0 Å². The van der Waals surface area contributed by atoms with Crippen LogP contribution < -0.4 is 5.43 Å². The Bertz CT molecular complexity index is 124. The van der Waals surface area contributed by atoms with E-state index in [1.165, 1.54) is 13.3 Å². The monoisotopic (exact) mass is 178 g/mol. The number of nitrogens with zero attached hydrogens (tertiary/aromatic N) is 1. The molecule has 0 radical (unpaired) electrons. The number of hydrogen-bond acceptors (Lipinski definition) is 2. The van der Waals surface area contributed by atoms with E-state index in [4.69, 9.17) is 0 Å². The van der Waals surface area contributed by atoms with Crippen LogP contribution in [0.4, 0.5) is 8.78 Å². The summed E-state index contributed by atoms with van der Waals surface area (Å²) in [5.41, 5.74) is 2.80. The van der Waals surface area contributed by atoms with Gasteiger partial charge in [0.05, 0.1) is 6.04 Å². The van der Waals surface area contributed by atoms with Crippen LogP contribution in [0.5, 0.6) is 0 Å². The predicted octanol–water partition coefficient (Wildman–Crippen LogP) is 1.63. The molecule has 0 aromatic heterocycles. The van der Waals surface area contributed by atoms with Gasteiger partial charge in [-0.3, -0.25) is 0 Å². The van der Waals surface area contributed by atoms with Crippen LogP contribution in [0.15, 0.2) is 0 Å². The zero-order chi connectivity index (χ0) is 8.97. The zero-order valence-electron chi connectivity index (χ0n) is 7.39. The van der Waals surface area contributed by atoms with Crippen molar-refractivity contribution in [3.05, 3.63) is 0 Å². The average Bonchev–Trinajstić information content (AvgIpc) is 2.06. The first-order chi connectivity index (χ1) is 5.70. The van der Waals surface area contributed by atoms with Crippen molar-refractivity contribution in [3.8, 4) is 0 Å². The van der Waals surface area contributed by atoms with E-state index in [-0.39, 0.29) is 0 Å². The molecule has 1 unspecified atom stereocenters. The van der Waals surface area contributed by atoms with E-state index < -0.39 is 12.5 Å². The zero-order valence-corrected chi connectivity index (χ0v) is 7.39. The van der Waals surface area contributed by atoms with Crippen LogP contribution in [0, 0.1) is 0 Å². The summed E-state index contributed by atoms with van der Waals surface area (Å²) in [6, 6.07) is -0.719. The summed E-state index contributed by atoms with van der Waals surface area (Å²) in [5, 5.41) is 1.90. The maximum absolute atomic E-state index is 12.1. The van der Waals surface area contributed by atoms with Gasteiger partial charge >= 0.3 is 0 Å². The molecule has 1 heterocycles. The molecule has 72 valence electrons. The predicted molar refractivity (Wildman–Crippen MR) is 44.0 cm³/mol. The third kappa shape index (κ3) is 3.03. The molecule has 1 aliphatic rings. The minimum atomic E-state index is -2.27. The van der Waals surface area contributed by atoms with Crippen LogP contribution in [0.3, 0.4) is 0 Å². The molecule has 0 bridgehead atoms. The average molecular weight is 178 g/mol. The molecule has 4 heteroatoms. The Balaban J connectivity index is 2.20. The Morgan fingerprint density at radius 1 is 1.17 bits per heavy atom. The number of alkyl halides is 2. The molecule has 12 heavy (non-hydrogen) atoms. The van der Waals surface area contributed by atoms with Gasteiger partial charge in [0, 0.05) is 13.1 Å². The second-order valence-electron chi connectivity index (χ2n) is 3.30. The van der Waals surface area contributed by atoms with E-state index in [0.29, 0.717) is 0 Å². The van der Waals surface area contributed by atoms with Crippen molar-refractivity contribution < 1.29 is 8.78 Å². The first-order valence-corrected chi connectivity index (χ1v) is 4.49. The van der Waals surface area contributed by atoms with E-state index in [9.17, 15) is 8.78 Å². The van der Waals surface area contributed by atoms with Gasteiger partial charge in [0.25, 0.3) is 6.43 Å². The Labute approximate surface area is 71.9 Å². The van der Waals surface area contributed by atoms with Crippen LogP contribution >= 0.6 is 0 Å². The quantitative estimate of drug-likeness (QED) is 0.706. The van der Waals surface area contributed by atoms with E-state index in [2.05, 4.69) is 5.43 Å². The molecule has 0 aromatic carbocycles. The van der Waals surface area contributed by atoms with E-state index in [1.807, 2.05) is 5.01 Å². The van der Waals surface area contributed by atoms with Crippen LogP contribution in [0.2, 0.25) is 0 Å². The standard InChI is InChI=1S/C8H16F2N2/c1-7(8(9)10)11-12-5-3-2-4-6-12/h7-8,11H,2-6H2,1H3. The fourth-order valence-electron chi connectivity index (χ4n) is 1.37. The fraction of sp³-hybridized carbons (Fsp3) is 1.00. The van der Waals surface area contributed by atoms with E-state index in [1.54, 1.807) is 0 Å². The molecule has 0 aliphatic carbocycles. The second-order valence-corrected chi connectivity index (χ2v) is 3.30. The van der Waals surface area contributed by atoms with E-state index >= 15 is 0 Å². The van der Waals surface area contributed by atoms with Gasteiger partial charge in [-0.15, -0.1) is 0 Å². The van der Waals surface area contributed by atoms with Gasteiger partial charge in [-0.05, 0) is 19.8 Å². The van der Waals surface area contributed by atoms with Crippen molar-refractivity contribution in [2.45, 2.75) is 38.7 Å². The van der Waals surface area contributed by atoms with Gasteiger partial charge in [0.1, 0.15) is 0 Å². The summed E-state index contributed by atoms with van der Waals surface area (Å²) in [6.45, 7) is 3.31. The molecule has 0 amide bonds. The maximum Gasteiger partial charge on any atom is 0.254 e. The summed E-state index contributed by atoms with van der Waals surface area (Å²) in [5.74, 6) is 0. The number of piperidine rings is 1. The molecular weight excluding hydrogens is 162 g/mol. The highest BCUT2D eigenvalue weighted by Gasteiger charge is 2.18. The first kappa shape index (κ1) is 9.86. The molecule has 1 fully saturated rings. The van der Waals surface area contributed by atoms with Crippen LogP contribution in [0.25, 0.3) is 0 Å². The lowest BCUT2D eigenvalue weighted by Gasteiger charge is -2.29. The molecule has 1 rings (SSSR count). The highest BCUT2D eigenvalue weighted by molar-refractivity contribution is 4.65. The second kappa shape index (κ2) is 4.72. The molecule has 1 N–H and O–H groups in total. The highest BCUT2D eigenvalue weighted by atomic mass is 19.3. The van der Waals surface area contributed by atoms with Gasteiger partial charge in [-0.25, -0.2) is 19.2 Å². The SMILES string of the molecule is CC(NN1CCCCC1)C(F)F. The summed E-state index contributed by atoms with van der Waals surface area (Å²) < 4.78 is 24.2. The van der Waals surface area contributed by atoms with Crippen molar-refractivity contribution in [1.82, 2.24) is 10.4 Å². The molecular formula is C8H16F2N2. The first-order valence-electron chi connectivity index (χ1n) is 4.49. The Kier molecular flexibility index (Phi) is 3.88. The number of nitrogens with one attached hydrogen (secondary N) is 1. The lowest BCUT2D eigenvalue weighted by molar-refractivity contribution is 0.0431. The van der Waals surface area contributed by atoms with Crippen LogP contribution in [0.1, 0.15) is 26.2 Å². The number of hydrazine groups is 1. The Morgan fingerprint density at radius 3 is 2.25 bits per heavy atom. The van der Waals surface area contributed by atoms with Crippen LogP contribution in [-0.4, -0.2) is 30.6 Å². The number of hydrogen-bond donors (Lipinski definition) is 1. The van der Waals surface area contributed by atoms with Crippen molar-refractivity contribution in [1.29, 1.82) is 0 Å². The fourth-order valence-corrected chi connectivity index (χ4v) is 1.37. The smallest absolute Gasteiger partial charge is 0.247 e. The van der Waals surface area contributed by atoms with Crippen molar-refractivity contribution in [3.63, 3.8) is 0 Å². The third-order valence-corrected chi connectivity index (χ3v) is 2.12. The minimum Gasteiger partial charge on any atom is -0.247 e. The minimum absolute atomic E-state index is 0.719. The molecule has 1 atom stereocenters. The van der Waals surface area contributed by atoms with Crippen molar-refractivity contribution >= 4 is 0 Å². The maximum atomic E-state index is 12.1. The Hall–Kier alpha value is -0.220. The van der Waals surface area contributed by atoms with Gasteiger partial charge in [0.2, 0.25) is 0 Å². The Morgan fingerprint density at radius 2 is 1.75 bits per heavy atom. The van der Waals surface area contributed by atoms with Gasteiger partial charge in [-0.1, -0.05) is 6.42 Å². The number of halogens is 2. The van der Waals surface area contributed by atoms with Crippen LogP contribution in [-0.2, 0) is 0 Å². The normalized spacial score (nSPS) is 23.0. The van der Waals surface area contributed by atoms with Crippen molar-refractivity contribution in [2.75, 3.05) is 13.1 Å². The lowest BCUT2D eigenvalue weighted by Crippen LogP contribution is -2.48. The van der Waals surface area contributed by atoms with Gasteiger partial charge in [-0.2, -0.15) is 0 Å². The van der Waals surface area contributed by atoms with E-state index in [0.717, 1.165) is 25.9 Å². The summed E-state index contributed by atoms with van der Waals surface area (Å²) in [4.78, 5) is 0. The molecule has 1 aliphatic heterocycles. The van der Waals surface area contributed by atoms with Gasteiger partial charge in [0.15, 0.2) is 0 Å². The summed E-state index contributed by atoms with van der Waals surface area (Å²) in [6.07, 6.45) is 1.18. The molecule has 1 saturated heterocycles. The number of rotatable bonds is 3. The molecule has 0 saturated carbocycles. The van der Waals surface area contributed by atoms with Gasteiger partial charge < -0.3 is 0 Å². The topological polar surface area (TPSA) is 15.3 Å². The largest absolute Gasteiger partial charge is 0.254 e. The summed E-state index contributed by atoms with van der Waals surface area (Å²) >= 11 is 0. The highest BCUT2D eigenvalue weighted by Crippen LogP contribution is 2.08.